The van der Waals surface area contributed by atoms with Crippen molar-refractivity contribution in [1.29, 1.82) is 0 Å². The zero-order valence-corrected chi connectivity index (χ0v) is 12.4. The zero-order valence-electron chi connectivity index (χ0n) is 10.8. The lowest BCUT2D eigenvalue weighted by Crippen LogP contribution is -2.27. The Balaban J connectivity index is 1.85. The van der Waals surface area contributed by atoms with Gasteiger partial charge in [-0.3, -0.25) is 4.79 Å². The summed E-state index contributed by atoms with van der Waals surface area (Å²) in [4.78, 5) is 12.7. The van der Waals surface area contributed by atoms with E-state index in [-0.39, 0.29) is 12.0 Å². The number of carbonyl (C=O) groups is 1. The van der Waals surface area contributed by atoms with Gasteiger partial charge in [-0.2, -0.15) is 0 Å². The molecule has 0 aliphatic rings. The van der Waals surface area contributed by atoms with Gasteiger partial charge in [0.05, 0.1) is 16.9 Å². The SMILES string of the molecule is COC(CNC(=O)C=Cc1ccoc1)c1ccc(Cl)s1. The van der Waals surface area contributed by atoms with Crippen LogP contribution in [0.5, 0.6) is 0 Å². The van der Waals surface area contributed by atoms with Gasteiger partial charge in [0.2, 0.25) is 5.91 Å². The predicted octanol–water partition coefficient (Wildman–Crippen LogP) is 3.51. The van der Waals surface area contributed by atoms with Crippen molar-refractivity contribution in [3.63, 3.8) is 0 Å². The molecule has 0 aromatic carbocycles. The van der Waals surface area contributed by atoms with Gasteiger partial charge in [-0.1, -0.05) is 11.6 Å². The Morgan fingerprint density at radius 2 is 2.40 bits per heavy atom. The molecule has 106 valence electrons. The molecule has 0 radical (unpaired) electrons. The Hall–Kier alpha value is -1.56. The predicted molar refractivity (Wildman–Crippen MR) is 79.8 cm³/mol. The van der Waals surface area contributed by atoms with Gasteiger partial charge in [-0.05, 0) is 24.3 Å². The van der Waals surface area contributed by atoms with E-state index in [0.29, 0.717) is 10.9 Å². The summed E-state index contributed by atoms with van der Waals surface area (Å²) in [7, 11) is 1.60. The molecule has 0 spiro atoms. The Morgan fingerprint density at radius 3 is 3.00 bits per heavy atom. The van der Waals surface area contributed by atoms with E-state index < -0.39 is 0 Å². The molecule has 2 heterocycles. The van der Waals surface area contributed by atoms with Crippen LogP contribution in [0.15, 0.2) is 41.2 Å². The Bertz CT molecular complexity index is 577. The molecule has 1 N–H and O–H groups in total. The number of thiophene rings is 1. The van der Waals surface area contributed by atoms with Crippen LogP contribution in [0.4, 0.5) is 0 Å². The normalized spacial score (nSPS) is 12.7. The zero-order chi connectivity index (χ0) is 14.4. The van der Waals surface area contributed by atoms with Crippen molar-refractivity contribution in [3.8, 4) is 0 Å². The van der Waals surface area contributed by atoms with Gasteiger partial charge in [0, 0.05) is 30.2 Å². The van der Waals surface area contributed by atoms with Crippen molar-refractivity contribution in [3.05, 3.63) is 51.6 Å². The standard InChI is InChI=1S/C14H14ClNO3S/c1-18-11(12-3-4-13(15)20-12)8-16-14(17)5-2-10-6-7-19-9-10/h2-7,9,11H,8H2,1H3,(H,16,17). The fourth-order valence-corrected chi connectivity index (χ4v) is 2.73. The number of rotatable bonds is 6. The highest BCUT2D eigenvalue weighted by molar-refractivity contribution is 7.16. The van der Waals surface area contributed by atoms with Gasteiger partial charge >= 0.3 is 0 Å². The number of hydrogen-bond donors (Lipinski definition) is 1. The van der Waals surface area contributed by atoms with Crippen LogP contribution in [0, 0.1) is 0 Å². The Morgan fingerprint density at radius 1 is 1.55 bits per heavy atom. The van der Waals surface area contributed by atoms with Gasteiger partial charge in [-0.15, -0.1) is 11.3 Å². The van der Waals surface area contributed by atoms with E-state index in [1.807, 2.05) is 12.1 Å². The third-order valence-corrected chi connectivity index (χ3v) is 3.95. The molecule has 0 aliphatic heterocycles. The van der Waals surface area contributed by atoms with E-state index in [1.165, 1.54) is 17.4 Å². The second kappa shape index (κ2) is 7.28. The smallest absolute Gasteiger partial charge is 0.244 e. The summed E-state index contributed by atoms with van der Waals surface area (Å²) in [5.41, 5.74) is 0.841. The minimum atomic E-state index is -0.196. The Labute approximate surface area is 126 Å². The summed E-state index contributed by atoms with van der Waals surface area (Å²) in [6.07, 6.45) is 6.06. The van der Waals surface area contributed by atoms with Gasteiger partial charge < -0.3 is 14.5 Å². The number of carbonyl (C=O) groups excluding carboxylic acids is 1. The summed E-state index contributed by atoms with van der Waals surface area (Å²) in [5.74, 6) is -0.184. The topological polar surface area (TPSA) is 51.5 Å². The van der Waals surface area contributed by atoms with Gasteiger partial charge in [0.1, 0.15) is 6.10 Å². The third-order valence-electron chi connectivity index (χ3n) is 2.63. The van der Waals surface area contributed by atoms with Crippen molar-refractivity contribution >= 4 is 34.9 Å². The van der Waals surface area contributed by atoms with Crippen molar-refractivity contribution < 1.29 is 13.9 Å². The van der Waals surface area contributed by atoms with Gasteiger partial charge in [0.15, 0.2) is 0 Å². The van der Waals surface area contributed by atoms with Crippen LogP contribution in [0.2, 0.25) is 4.34 Å². The van der Waals surface area contributed by atoms with Gasteiger partial charge in [0.25, 0.3) is 0 Å². The summed E-state index contributed by atoms with van der Waals surface area (Å²) < 4.78 is 11.0. The second-order valence-electron chi connectivity index (χ2n) is 4.00. The van der Waals surface area contributed by atoms with Crippen molar-refractivity contribution in [1.82, 2.24) is 5.32 Å². The number of furan rings is 1. The minimum Gasteiger partial charge on any atom is -0.472 e. The first kappa shape index (κ1) is 14.8. The highest BCUT2D eigenvalue weighted by atomic mass is 35.5. The van der Waals surface area contributed by atoms with Crippen molar-refractivity contribution in [2.24, 2.45) is 0 Å². The third kappa shape index (κ3) is 4.23. The van der Waals surface area contributed by atoms with Gasteiger partial charge in [-0.25, -0.2) is 0 Å². The van der Waals surface area contributed by atoms with Crippen LogP contribution in [-0.2, 0) is 9.53 Å². The van der Waals surface area contributed by atoms with E-state index in [1.54, 1.807) is 31.8 Å². The van der Waals surface area contributed by atoms with Crippen LogP contribution in [0.25, 0.3) is 6.08 Å². The lowest BCUT2D eigenvalue weighted by atomic mass is 10.2. The summed E-state index contributed by atoms with van der Waals surface area (Å²) in [5, 5.41) is 2.79. The molecule has 2 rings (SSSR count). The number of amides is 1. The summed E-state index contributed by atoms with van der Waals surface area (Å²) in [6.45, 7) is 0.391. The summed E-state index contributed by atoms with van der Waals surface area (Å²) >= 11 is 7.33. The average molecular weight is 312 g/mol. The Kier molecular flexibility index (Phi) is 5.40. The molecule has 1 atom stereocenters. The summed E-state index contributed by atoms with van der Waals surface area (Å²) in [6, 6.07) is 5.48. The number of hydrogen-bond acceptors (Lipinski definition) is 4. The van der Waals surface area contributed by atoms with E-state index in [2.05, 4.69) is 5.32 Å². The average Bonchev–Trinajstić information content (AvgIpc) is 3.09. The molecule has 2 aromatic rings. The number of methoxy groups -OCH3 is 1. The van der Waals surface area contributed by atoms with Crippen molar-refractivity contribution in [2.75, 3.05) is 13.7 Å². The number of ether oxygens (including phenoxy) is 1. The van der Waals surface area contributed by atoms with Crippen LogP contribution in [0.1, 0.15) is 16.5 Å². The molecule has 4 nitrogen and oxygen atoms in total. The first-order chi connectivity index (χ1) is 9.69. The molecule has 2 aromatic heterocycles. The van der Waals surface area contributed by atoms with Crippen LogP contribution >= 0.6 is 22.9 Å². The lowest BCUT2D eigenvalue weighted by molar-refractivity contribution is -0.117. The molecule has 0 saturated heterocycles. The molecule has 0 saturated carbocycles. The molecule has 0 aliphatic carbocycles. The van der Waals surface area contributed by atoms with Crippen LogP contribution in [-0.4, -0.2) is 19.6 Å². The number of nitrogens with one attached hydrogen (secondary N) is 1. The van der Waals surface area contributed by atoms with E-state index >= 15 is 0 Å². The molecule has 1 unspecified atom stereocenters. The maximum atomic E-state index is 11.7. The van der Waals surface area contributed by atoms with E-state index in [9.17, 15) is 4.79 Å². The maximum Gasteiger partial charge on any atom is 0.244 e. The van der Waals surface area contributed by atoms with Crippen molar-refractivity contribution in [2.45, 2.75) is 6.10 Å². The molecule has 6 heteroatoms. The molecule has 20 heavy (non-hydrogen) atoms. The monoisotopic (exact) mass is 311 g/mol. The van der Waals surface area contributed by atoms with E-state index in [0.717, 1.165) is 10.4 Å². The maximum absolute atomic E-state index is 11.7. The van der Waals surface area contributed by atoms with Crippen LogP contribution in [0.3, 0.4) is 0 Å². The number of halogens is 1. The largest absolute Gasteiger partial charge is 0.472 e. The highest BCUT2D eigenvalue weighted by Gasteiger charge is 2.13. The molecule has 0 bridgehead atoms. The fraction of sp³-hybridized carbons (Fsp3) is 0.214. The second-order valence-corrected chi connectivity index (χ2v) is 5.75. The molecule has 0 fully saturated rings. The fourth-order valence-electron chi connectivity index (χ4n) is 1.60. The van der Waals surface area contributed by atoms with Crippen LogP contribution < -0.4 is 5.32 Å². The molecule has 1 amide bonds. The quantitative estimate of drug-likeness (QED) is 0.831. The molecular formula is C14H14ClNO3S. The first-order valence-corrected chi connectivity index (χ1v) is 7.14. The molecular weight excluding hydrogens is 298 g/mol. The first-order valence-electron chi connectivity index (χ1n) is 5.95. The highest BCUT2D eigenvalue weighted by Crippen LogP contribution is 2.28. The minimum absolute atomic E-state index is 0.184. The lowest BCUT2D eigenvalue weighted by Gasteiger charge is -2.13. The van der Waals surface area contributed by atoms with E-state index in [4.69, 9.17) is 20.8 Å².